The van der Waals surface area contributed by atoms with Crippen LogP contribution in [0.15, 0.2) is 84.9 Å². The lowest BCUT2D eigenvalue weighted by molar-refractivity contribution is -0.157. The molecule has 3 rings (SSSR count). The van der Waals surface area contributed by atoms with Crippen LogP contribution in [0.5, 0.6) is 5.75 Å². The van der Waals surface area contributed by atoms with Crippen LogP contribution < -0.4 is 4.74 Å². The summed E-state index contributed by atoms with van der Waals surface area (Å²) in [7, 11) is 1.69. The lowest BCUT2D eigenvalue weighted by Crippen LogP contribution is -2.37. The Labute approximate surface area is 187 Å². The maximum atomic E-state index is 12.9. The van der Waals surface area contributed by atoms with Gasteiger partial charge in [0.25, 0.3) is 5.91 Å². The molecule has 6 nitrogen and oxygen atoms in total. The molecule has 1 atom stereocenters. The zero-order valence-corrected chi connectivity index (χ0v) is 18.0. The summed E-state index contributed by atoms with van der Waals surface area (Å²) in [4.78, 5) is 26.8. The smallest absolute Gasteiger partial charge is 0.347 e. The average Bonchev–Trinajstić information content (AvgIpc) is 2.84. The standard InChI is InChI=1S/C26H24N2O4/c1-19(32-23-15-13-20(17-27)14-16-23)26(30)31-18-24(29)28(2)25(21-9-5-3-6-10-21)22-11-7-4-8-12-22/h3-16,19,25H,18H2,1-2H3/t19-/m0/s1. The number of hydrogen-bond donors (Lipinski definition) is 0. The Morgan fingerprint density at radius 1 is 0.906 bits per heavy atom. The van der Waals surface area contributed by atoms with Crippen LogP contribution in [0.2, 0.25) is 0 Å². The summed E-state index contributed by atoms with van der Waals surface area (Å²) in [6.45, 7) is 1.15. The van der Waals surface area contributed by atoms with E-state index < -0.39 is 18.7 Å². The van der Waals surface area contributed by atoms with Crippen molar-refractivity contribution in [2.45, 2.75) is 19.1 Å². The summed E-state index contributed by atoms with van der Waals surface area (Å²) < 4.78 is 10.8. The fourth-order valence-electron chi connectivity index (χ4n) is 3.27. The van der Waals surface area contributed by atoms with Gasteiger partial charge in [0, 0.05) is 7.05 Å². The van der Waals surface area contributed by atoms with Gasteiger partial charge in [0.15, 0.2) is 12.7 Å². The summed E-state index contributed by atoms with van der Waals surface area (Å²) in [6, 6.07) is 27.5. The number of likely N-dealkylation sites (N-methyl/N-ethyl adjacent to an activating group) is 1. The molecule has 0 aromatic heterocycles. The van der Waals surface area contributed by atoms with E-state index in [4.69, 9.17) is 14.7 Å². The summed E-state index contributed by atoms with van der Waals surface area (Å²) in [6.07, 6.45) is -0.903. The van der Waals surface area contributed by atoms with Gasteiger partial charge in [-0.3, -0.25) is 4.79 Å². The molecule has 0 spiro atoms. The Kier molecular flexibility index (Phi) is 7.60. The third-order valence-electron chi connectivity index (χ3n) is 4.98. The average molecular weight is 428 g/mol. The van der Waals surface area contributed by atoms with Gasteiger partial charge in [-0.1, -0.05) is 60.7 Å². The number of carbonyl (C=O) groups is 2. The SMILES string of the molecule is C[C@H](Oc1ccc(C#N)cc1)C(=O)OCC(=O)N(C)C(c1ccccc1)c1ccccc1. The van der Waals surface area contributed by atoms with Crippen molar-refractivity contribution in [1.29, 1.82) is 5.26 Å². The van der Waals surface area contributed by atoms with Crippen molar-refractivity contribution in [2.24, 2.45) is 0 Å². The van der Waals surface area contributed by atoms with Crippen molar-refractivity contribution >= 4 is 11.9 Å². The molecule has 0 saturated carbocycles. The maximum Gasteiger partial charge on any atom is 0.347 e. The zero-order valence-electron chi connectivity index (χ0n) is 18.0. The lowest BCUT2D eigenvalue weighted by atomic mass is 9.97. The van der Waals surface area contributed by atoms with E-state index in [0.717, 1.165) is 11.1 Å². The number of hydrogen-bond acceptors (Lipinski definition) is 5. The second kappa shape index (κ2) is 10.8. The highest BCUT2D eigenvalue weighted by Crippen LogP contribution is 2.27. The number of carbonyl (C=O) groups excluding carboxylic acids is 2. The van der Waals surface area contributed by atoms with Gasteiger partial charge in [0.1, 0.15) is 5.75 Å². The fraction of sp³-hybridized carbons (Fsp3) is 0.192. The number of amides is 1. The Morgan fingerprint density at radius 3 is 1.94 bits per heavy atom. The number of benzene rings is 3. The first-order valence-corrected chi connectivity index (χ1v) is 10.2. The third-order valence-corrected chi connectivity index (χ3v) is 4.98. The highest BCUT2D eigenvalue weighted by Gasteiger charge is 2.25. The van der Waals surface area contributed by atoms with Crippen LogP contribution in [0.1, 0.15) is 29.7 Å². The largest absolute Gasteiger partial charge is 0.479 e. The second-order valence-corrected chi connectivity index (χ2v) is 7.23. The minimum absolute atomic E-state index is 0.309. The zero-order chi connectivity index (χ0) is 22.9. The fourth-order valence-corrected chi connectivity index (χ4v) is 3.27. The molecule has 162 valence electrons. The van der Waals surface area contributed by atoms with Crippen LogP contribution in [0.3, 0.4) is 0 Å². The summed E-state index contributed by atoms with van der Waals surface area (Å²) in [5.41, 5.74) is 2.41. The van der Waals surface area contributed by atoms with Crippen molar-refractivity contribution in [1.82, 2.24) is 4.90 Å². The predicted molar refractivity (Wildman–Crippen MR) is 120 cm³/mol. The number of ether oxygens (including phenoxy) is 2. The number of rotatable bonds is 8. The van der Waals surface area contributed by atoms with Crippen LogP contribution in [0, 0.1) is 11.3 Å². The van der Waals surface area contributed by atoms with Gasteiger partial charge in [-0.2, -0.15) is 5.26 Å². The van der Waals surface area contributed by atoms with Crippen LogP contribution in [0.4, 0.5) is 0 Å². The minimum Gasteiger partial charge on any atom is -0.479 e. The van der Waals surface area contributed by atoms with Gasteiger partial charge >= 0.3 is 5.97 Å². The van der Waals surface area contributed by atoms with E-state index in [1.807, 2.05) is 66.7 Å². The first kappa shape index (κ1) is 22.6. The molecular formula is C26H24N2O4. The lowest BCUT2D eigenvalue weighted by Gasteiger charge is -2.29. The van der Waals surface area contributed by atoms with E-state index in [-0.39, 0.29) is 11.9 Å². The molecule has 0 aliphatic rings. The van der Waals surface area contributed by atoms with Crippen molar-refractivity contribution in [3.8, 4) is 11.8 Å². The molecule has 0 saturated heterocycles. The quantitative estimate of drug-likeness (QED) is 0.505. The van der Waals surface area contributed by atoms with E-state index in [0.29, 0.717) is 11.3 Å². The monoisotopic (exact) mass is 428 g/mol. The van der Waals surface area contributed by atoms with E-state index in [1.165, 1.54) is 0 Å². The van der Waals surface area contributed by atoms with Gasteiger partial charge in [0.05, 0.1) is 17.7 Å². The highest BCUT2D eigenvalue weighted by atomic mass is 16.6. The molecule has 0 radical (unpaired) electrons. The van der Waals surface area contributed by atoms with Crippen LogP contribution >= 0.6 is 0 Å². The van der Waals surface area contributed by atoms with E-state index in [2.05, 4.69) is 0 Å². The summed E-state index contributed by atoms with van der Waals surface area (Å²) >= 11 is 0. The number of esters is 1. The Balaban J connectivity index is 1.63. The molecule has 0 N–H and O–H groups in total. The molecule has 0 aliphatic carbocycles. The molecule has 0 unspecified atom stereocenters. The van der Waals surface area contributed by atoms with Crippen LogP contribution in [-0.4, -0.2) is 36.5 Å². The van der Waals surface area contributed by atoms with Gasteiger partial charge < -0.3 is 14.4 Å². The van der Waals surface area contributed by atoms with Gasteiger partial charge in [0.2, 0.25) is 0 Å². The highest BCUT2D eigenvalue weighted by molar-refractivity contribution is 5.82. The molecule has 6 heteroatoms. The molecular weight excluding hydrogens is 404 g/mol. The first-order valence-electron chi connectivity index (χ1n) is 10.2. The van der Waals surface area contributed by atoms with Gasteiger partial charge in [-0.25, -0.2) is 4.79 Å². The normalized spacial score (nSPS) is 11.3. The van der Waals surface area contributed by atoms with Crippen LogP contribution in [-0.2, 0) is 14.3 Å². The number of nitriles is 1. The molecule has 3 aromatic rings. The molecule has 0 aliphatic heterocycles. The van der Waals surface area contributed by atoms with Crippen molar-refractivity contribution < 1.29 is 19.1 Å². The van der Waals surface area contributed by atoms with Gasteiger partial charge in [-0.05, 0) is 42.3 Å². The summed E-state index contributed by atoms with van der Waals surface area (Å²) in [5.74, 6) is -0.543. The molecule has 1 amide bonds. The first-order chi connectivity index (χ1) is 15.5. The van der Waals surface area contributed by atoms with Crippen molar-refractivity contribution in [3.63, 3.8) is 0 Å². The second-order valence-electron chi connectivity index (χ2n) is 7.23. The number of nitrogens with zero attached hydrogens (tertiary/aromatic N) is 2. The maximum absolute atomic E-state index is 12.9. The topological polar surface area (TPSA) is 79.6 Å². The van der Waals surface area contributed by atoms with Crippen LogP contribution in [0.25, 0.3) is 0 Å². The van der Waals surface area contributed by atoms with E-state index in [9.17, 15) is 9.59 Å². The molecule has 0 fully saturated rings. The van der Waals surface area contributed by atoms with Crippen molar-refractivity contribution in [2.75, 3.05) is 13.7 Å². The Bertz CT molecular complexity index is 1040. The van der Waals surface area contributed by atoms with Gasteiger partial charge in [-0.15, -0.1) is 0 Å². The molecule has 3 aromatic carbocycles. The molecule has 0 heterocycles. The summed E-state index contributed by atoms with van der Waals surface area (Å²) in [5, 5.41) is 8.85. The minimum atomic E-state index is -0.903. The Hall–Kier alpha value is -4.11. The molecule has 0 bridgehead atoms. The molecule has 32 heavy (non-hydrogen) atoms. The predicted octanol–water partition coefficient (Wildman–Crippen LogP) is 4.12. The third kappa shape index (κ3) is 5.73. The van der Waals surface area contributed by atoms with E-state index in [1.54, 1.807) is 43.1 Å². The van der Waals surface area contributed by atoms with E-state index >= 15 is 0 Å². The Morgan fingerprint density at radius 2 is 1.44 bits per heavy atom. The van der Waals surface area contributed by atoms with Crippen molar-refractivity contribution in [3.05, 3.63) is 102 Å².